The minimum Gasteiger partial charge on any atom is -0.353 e. The third-order valence-electron chi connectivity index (χ3n) is 4.61. The van der Waals surface area contributed by atoms with Crippen LogP contribution in [0.15, 0.2) is 30.9 Å². The summed E-state index contributed by atoms with van der Waals surface area (Å²) >= 11 is 0. The van der Waals surface area contributed by atoms with Gasteiger partial charge in [-0.1, -0.05) is 0 Å². The number of carbonyl (C=O) groups excluding carboxylic acids is 1. The van der Waals surface area contributed by atoms with Crippen LogP contribution in [-0.2, 0) is 11.0 Å². The molecule has 0 N–H and O–H groups in total. The lowest BCUT2D eigenvalue weighted by Gasteiger charge is -2.34. The van der Waals surface area contributed by atoms with Gasteiger partial charge in [-0.2, -0.15) is 13.2 Å². The summed E-state index contributed by atoms with van der Waals surface area (Å²) in [5.41, 5.74) is -0.407. The van der Waals surface area contributed by atoms with E-state index in [0.717, 1.165) is 12.4 Å². The number of imidazole rings is 1. The second-order valence-corrected chi connectivity index (χ2v) is 6.37. The smallest absolute Gasteiger partial charge is 0.353 e. The van der Waals surface area contributed by atoms with Crippen LogP contribution in [-0.4, -0.2) is 61.3 Å². The summed E-state index contributed by atoms with van der Waals surface area (Å²) in [5.74, 6) is 0.939. The molecule has 8 nitrogen and oxygen atoms in total. The van der Waals surface area contributed by atoms with E-state index in [1.54, 1.807) is 17.2 Å². The molecule has 11 heteroatoms. The van der Waals surface area contributed by atoms with Gasteiger partial charge in [0.25, 0.3) is 0 Å². The van der Waals surface area contributed by atoms with Gasteiger partial charge in [-0.15, -0.1) is 0 Å². The zero-order valence-electron chi connectivity index (χ0n) is 14.9. The molecule has 1 fully saturated rings. The number of fused-ring (bicyclic) bond motifs is 1. The van der Waals surface area contributed by atoms with Gasteiger partial charge in [0.05, 0.1) is 12.4 Å². The van der Waals surface area contributed by atoms with Crippen LogP contribution in [0, 0.1) is 0 Å². The van der Waals surface area contributed by atoms with Crippen LogP contribution in [0.3, 0.4) is 0 Å². The number of amides is 1. The molecule has 28 heavy (non-hydrogen) atoms. The molecule has 0 radical (unpaired) electrons. The maximum Gasteiger partial charge on any atom is 0.434 e. The molecular weight excluding hydrogens is 375 g/mol. The number of nitrogens with zero attached hydrogens (tertiary/aromatic N) is 7. The first-order valence-corrected chi connectivity index (χ1v) is 8.57. The normalized spacial score (nSPS) is 15.3. The minimum atomic E-state index is -4.56. The number of piperazine rings is 1. The van der Waals surface area contributed by atoms with Crippen LogP contribution >= 0.6 is 0 Å². The van der Waals surface area contributed by atoms with Crippen LogP contribution in [0.4, 0.5) is 19.0 Å². The van der Waals surface area contributed by atoms with E-state index in [1.165, 1.54) is 17.5 Å². The van der Waals surface area contributed by atoms with E-state index in [-0.39, 0.29) is 17.4 Å². The average molecular weight is 391 g/mol. The van der Waals surface area contributed by atoms with Gasteiger partial charge in [-0.3, -0.25) is 9.20 Å². The number of carbonyl (C=O) groups is 1. The highest BCUT2D eigenvalue weighted by atomic mass is 19.4. The monoisotopic (exact) mass is 391 g/mol. The van der Waals surface area contributed by atoms with Gasteiger partial charge >= 0.3 is 6.18 Å². The van der Waals surface area contributed by atoms with E-state index in [2.05, 4.69) is 19.9 Å². The molecule has 3 aromatic rings. The van der Waals surface area contributed by atoms with Crippen LogP contribution < -0.4 is 4.90 Å². The maximum absolute atomic E-state index is 13.0. The van der Waals surface area contributed by atoms with E-state index < -0.39 is 11.9 Å². The van der Waals surface area contributed by atoms with Gasteiger partial charge in [-0.05, 0) is 6.07 Å². The van der Waals surface area contributed by atoms with E-state index in [1.807, 2.05) is 4.90 Å². The minimum absolute atomic E-state index is 0.0304. The fraction of sp³-hybridized carbons (Fsp3) is 0.353. The Balaban J connectivity index is 1.66. The van der Waals surface area contributed by atoms with Crippen molar-refractivity contribution in [2.24, 2.45) is 0 Å². The first-order chi connectivity index (χ1) is 13.3. The molecule has 0 bridgehead atoms. The van der Waals surface area contributed by atoms with Gasteiger partial charge in [0.2, 0.25) is 5.91 Å². The van der Waals surface area contributed by atoms with Gasteiger partial charge in [0.15, 0.2) is 17.2 Å². The Morgan fingerprint density at radius 1 is 1.07 bits per heavy atom. The number of hydrogen-bond donors (Lipinski definition) is 0. The zero-order valence-corrected chi connectivity index (χ0v) is 14.9. The highest BCUT2D eigenvalue weighted by molar-refractivity contribution is 5.73. The second kappa shape index (κ2) is 6.73. The van der Waals surface area contributed by atoms with Crippen LogP contribution in [0.2, 0.25) is 0 Å². The summed E-state index contributed by atoms with van der Waals surface area (Å²) in [5, 5.41) is 0. The summed E-state index contributed by atoms with van der Waals surface area (Å²) in [6.07, 6.45) is 0.371. The molecule has 4 heterocycles. The number of alkyl halides is 3. The van der Waals surface area contributed by atoms with Gasteiger partial charge in [-0.25, -0.2) is 19.9 Å². The summed E-state index contributed by atoms with van der Waals surface area (Å²) in [7, 11) is 0. The van der Waals surface area contributed by atoms with Crippen molar-refractivity contribution in [3.8, 4) is 11.5 Å². The van der Waals surface area contributed by atoms with Crippen molar-refractivity contribution in [1.82, 2.24) is 29.2 Å². The molecule has 3 aromatic heterocycles. The SMILES string of the molecule is CC(=O)N1CCN(c2ccnc(-c3cnc4cnc(C(F)(F)F)cn34)n2)CC1. The fourth-order valence-electron chi connectivity index (χ4n) is 3.10. The molecule has 1 aliphatic rings. The Morgan fingerprint density at radius 2 is 1.82 bits per heavy atom. The Bertz CT molecular complexity index is 1030. The summed E-state index contributed by atoms with van der Waals surface area (Å²) in [4.78, 5) is 31.4. The molecule has 0 unspecified atom stereocenters. The summed E-state index contributed by atoms with van der Waals surface area (Å²) < 4.78 is 40.2. The molecule has 0 aliphatic carbocycles. The highest BCUT2D eigenvalue weighted by Crippen LogP contribution is 2.28. The number of hydrogen-bond acceptors (Lipinski definition) is 6. The molecule has 1 amide bonds. The molecule has 1 aliphatic heterocycles. The molecule has 4 rings (SSSR count). The fourth-order valence-corrected chi connectivity index (χ4v) is 3.10. The van der Waals surface area contributed by atoms with Crippen LogP contribution in [0.1, 0.15) is 12.6 Å². The number of aromatic nitrogens is 5. The summed E-state index contributed by atoms with van der Waals surface area (Å²) in [6, 6.07) is 1.73. The van der Waals surface area contributed by atoms with E-state index in [4.69, 9.17) is 0 Å². The predicted octanol–water partition coefficient (Wildman–Crippen LogP) is 1.87. The molecule has 146 valence electrons. The third-order valence-corrected chi connectivity index (χ3v) is 4.61. The quantitative estimate of drug-likeness (QED) is 0.664. The van der Waals surface area contributed by atoms with Crippen molar-refractivity contribution in [2.45, 2.75) is 13.1 Å². The molecule has 0 aromatic carbocycles. The van der Waals surface area contributed by atoms with Crippen molar-refractivity contribution in [1.29, 1.82) is 0 Å². The Labute approximate surface area is 157 Å². The lowest BCUT2D eigenvalue weighted by Crippen LogP contribution is -2.48. The lowest BCUT2D eigenvalue weighted by molar-refractivity contribution is -0.141. The van der Waals surface area contributed by atoms with E-state index in [9.17, 15) is 18.0 Å². The van der Waals surface area contributed by atoms with E-state index in [0.29, 0.717) is 37.7 Å². The Morgan fingerprint density at radius 3 is 2.50 bits per heavy atom. The lowest BCUT2D eigenvalue weighted by atomic mass is 10.3. The molecule has 1 saturated heterocycles. The number of anilines is 1. The van der Waals surface area contributed by atoms with E-state index >= 15 is 0 Å². The maximum atomic E-state index is 13.0. The Kier molecular flexibility index (Phi) is 4.36. The number of halogens is 3. The molecular formula is C17H16F3N7O. The topological polar surface area (TPSA) is 79.5 Å². The molecule has 0 saturated carbocycles. The molecule has 0 atom stereocenters. The summed E-state index contributed by atoms with van der Waals surface area (Å²) in [6.45, 7) is 3.94. The van der Waals surface area contributed by atoms with Crippen molar-refractivity contribution in [2.75, 3.05) is 31.1 Å². The largest absolute Gasteiger partial charge is 0.434 e. The first-order valence-electron chi connectivity index (χ1n) is 8.57. The van der Waals surface area contributed by atoms with Gasteiger partial charge < -0.3 is 9.80 Å². The zero-order chi connectivity index (χ0) is 19.9. The third kappa shape index (κ3) is 3.35. The van der Waals surface area contributed by atoms with Crippen molar-refractivity contribution >= 4 is 17.4 Å². The van der Waals surface area contributed by atoms with Crippen LogP contribution in [0.25, 0.3) is 17.2 Å². The average Bonchev–Trinajstić information content (AvgIpc) is 3.11. The van der Waals surface area contributed by atoms with Gasteiger partial charge in [0, 0.05) is 45.5 Å². The Hall–Kier alpha value is -3.24. The van der Waals surface area contributed by atoms with Crippen molar-refractivity contribution in [3.63, 3.8) is 0 Å². The number of rotatable bonds is 2. The highest BCUT2D eigenvalue weighted by Gasteiger charge is 2.33. The standard InChI is InChI=1S/C17H16F3N7O/c1-11(28)25-4-6-26(7-5-25)14-2-3-21-16(24-14)12-8-23-15-9-22-13(10-27(12)15)17(18,19)20/h2-3,8-10H,4-7H2,1H3. The first kappa shape index (κ1) is 18.1. The van der Waals surface area contributed by atoms with Crippen molar-refractivity contribution in [3.05, 3.63) is 36.5 Å². The predicted molar refractivity (Wildman–Crippen MR) is 93.5 cm³/mol. The second-order valence-electron chi connectivity index (χ2n) is 6.37. The van der Waals surface area contributed by atoms with Crippen molar-refractivity contribution < 1.29 is 18.0 Å². The van der Waals surface area contributed by atoms with Gasteiger partial charge in [0.1, 0.15) is 11.5 Å². The van der Waals surface area contributed by atoms with Crippen LogP contribution in [0.5, 0.6) is 0 Å². The molecule has 0 spiro atoms.